The predicted molar refractivity (Wildman–Crippen MR) is 84.4 cm³/mol. The number of halogens is 2. The fourth-order valence-electron chi connectivity index (χ4n) is 3.16. The van der Waals surface area contributed by atoms with E-state index in [0.29, 0.717) is 5.56 Å². The zero-order valence-electron chi connectivity index (χ0n) is 13.8. The predicted octanol–water partition coefficient (Wildman–Crippen LogP) is 4.13. The Morgan fingerprint density at radius 2 is 1.76 bits per heavy atom. The lowest BCUT2D eigenvalue weighted by Gasteiger charge is -2.46. The zero-order valence-corrected chi connectivity index (χ0v) is 13.8. The van der Waals surface area contributed by atoms with Crippen molar-refractivity contribution in [1.82, 2.24) is 10.2 Å². The van der Waals surface area contributed by atoms with Gasteiger partial charge in [0.05, 0.1) is 6.04 Å². The van der Waals surface area contributed by atoms with Gasteiger partial charge in [-0.2, -0.15) is 0 Å². The van der Waals surface area contributed by atoms with Gasteiger partial charge in [0.25, 0.3) is 0 Å². The molecule has 1 N–H and O–H groups in total. The number of hydrogen-bond acceptors (Lipinski definition) is 2. The molecule has 0 heterocycles. The van der Waals surface area contributed by atoms with E-state index in [2.05, 4.69) is 31.0 Å². The van der Waals surface area contributed by atoms with Crippen molar-refractivity contribution in [3.05, 3.63) is 35.4 Å². The highest BCUT2D eigenvalue weighted by Crippen LogP contribution is 2.37. The van der Waals surface area contributed by atoms with E-state index in [-0.39, 0.29) is 11.6 Å². The summed E-state index contributed by atoms with van der Waals surface area (Å²) in [7, 11) is 4.05. The molecule has 0 saturated carbocycles. The Kier molecular flexibility index (Phi) is 6.75. The first-order chi connectivity index (χ1) is 9.92. The van der Waals surface area contributed by atoms with Crippen LogP contribution in [0.4, 0.5) is 8.78 Å². The van der Waals surface area contributed by atoms with Crippen LogP contribution in [0.15, 0.2) is 18.2 Å². The Labute approximate surface area is 127 Å². The van der Waals surface area contributed by atoms with Crippen LogP contribution in [0.5, 0.6) is 0 Å². The minimum absolute atomic E-state index is 0.164. The SMILES string of the molecule is CCCNC(c1ccc(F)cc1F)C(CC)(CC)N(C)C. The topological polar surface area (TPSA) is 15.3 Å². The molecule has 1 rings (SSSR count). The number of nitrogens with one attached hydrogen (secondary N) is 1. The van der Waals surface area contributed by atoms with Crippen molar-refractivity contribution in [2.75, 3.05) is 20.6 Å². The highest BCUT2D eigenvalue weighted by molar-refractivity contribution is 5.26. The minimum atomic E-state index is -0.533. The van der Waals surface area contributed by atoms with Gasteiger partial charge in [0.2, 0.25) is 0 Å². The first kappa shape index (κ1) is 18.1. The number of nitrogens with zero attached hydrogens (tertiary/aromatic N) is 1. The summed E-state index contributed by atoms with van der Waals surface area (Å²) in [5, 5.41) is 3.47. The van der Waals surface area contributed by atoms with E-state index >= 15 is 0 Å². The van der Waals surface area contributed by atoms with E-state index in [1.165, 1.54) is 6.07 Å². The molecule has 120 valence electrons. The summed E-state index contributed by atoms with van der Waals surface area (Å²) in [6.45, 7) is 7.12. The fraction of sp³-hybridized carbons (Fsp3) is 0.647. The quantitative estimate of drug-likeness (QED) is 0.776. The van der Waals surface area contributed by atoms with Crippen LogP contribution >= 0.6 is 0 Å². The molecule has 1 atom stereocenters. The third kappa shape index (κ3) is 3.80. The van der Waals surface area contributed by atoms with Crippen LogP contribution in [0.25, 0.3) is 0 Å². The third-order valence-electron chi connectivity index (χ3n) is 4.52. The second-order valence-corrected chi connectivity index (χ2v) is 5.76. The van der Waals surface area contributed by atoms with E-state index in [9.17, 15) is 8.78 Å². The molecule has 21 heavy (non-hydrogen) atoms. The molecule has 0 aromatic heterocycles. The summed E-state index contributed by atoms with van der Waals surface area (Å²) >= 11 is 0. The first-order valence-electron chi connectivity index (χ1n) is 7.78. The molecule has 0 bridgehead atoms. The van der Waals surface area contributed by atoms with Crippen LogP contribution in [0.1, 0.15) is 51.6 Å². The third-order valence-corrected chi connectivity index (χ3v) is 4.52. The highest BCUT2D eigenvalue weighted by Gasteiger charge is 2.39. The zero-order chi connectivity index (χ0) is 16.0. The molecule has 0 amide bonds. The molecule has 1 aromatic rings. The van der Waals surface area contributed by atoms with Crippen molar-refractivity contribution in [2.24, 2.45) is 0 Å². The second kappa shape index (κ2) is 7.85. The first-order valence-corrected chi connectivity index (χ1v) is 7.78. The van der Waals surface area contributed by atoms with Gasteiger partial charge in [-0.05, 0) is 46.0 Å². The molecular formula is C17H28F2N2. The van der Waals surface area contributed by atoms with E-state index in [1.54, 1.807) is 6.07 Å². The summed E-state index contributed by atoms with van der Waals surface area (Å²) in [4.78, 5) is 2.16. The van der Waals surface area contributed by atoms with Crippen LogP contribution in [0, 0.1) is 11.6 Å². The number of benzene rings is 1. The van der Waals surface area contributed by atoms with Crippen molar-refractivity contribution in [3.8, 4) is 0 Å². The van der Waals surface area contributed by atoms with Crippen molar-refractivity contribution >= 4 is 0 Å². The molecule has 1 unspecified atom stereocenters. The molecule has 0 fully saturated rings. The van der Waals surface area contributed by atoms with Gasteiger partial charge >= 0.3 is 0 Å². The van der Waals surface area contributed by atoms with Crippen molar-refractivity contribution in [2.45, 2.75) is 51.6 Å². The lowest BCUT2D eigenvalue weighted by Crippen LogP contribution is -2.53. The van der Waals surface area contributed by atoms with Gasteiger partial charge in [-0.3, -0.25) is 0 Å². The summed E-state index contributed by atoms with van der Waals surface area (Å²) in [6.07, 6.45) is 2.74. The Morgan fingerprint density at radius 3 is 2.19 bits per heavy atom. The maximum atomic E-state index is 14.3. The Morgan fingerprint density at radius 1 is 1.14 bits per heavy atom. The summed E-state index contributed by atoms with van der Waals surface area (Å²) in [5.74, 6) is -1.01. The summed E-state index contributed by atoms with van der Waals surface area (Å²) in [5.41, 5.74) is 0.343. The van der Waals surface area contributed by atoms with E-state index in [4.69, 9.17) is 0 Å². The van der Waals surface area contributed by atoms with Crippen molar-refractivity contribution in [3.63, 3.8) is 0 Å². The molecule has 0 saturated heterocycles. The minimum Gasteiger partial charge on any atom is -0.308 e. The van der Waals surface area contributed by atoms with E-state index in [1.807, 2.05) is 14.1 Å². The maximum absolute atomic E-state index is 14.3. The molecule has 0 spiro atoms. The molecule has 0 aliphatic rings. The van der Waals surface area contributed by atoms with Crippen LogP contribution < -0.4 is 5.32 Å². The molecule has 4 heteroatoms. The van der Waals surface area contributed by atoms with E-state index < -0.39 is 11.6 Å². The van der Waals surface area contributed by atoms with E-state index in [0.717, 1.165) is 31.9 Å². The average molecular weight is 298 g/mol. The lowest BCUT2D eigenvalue weighted by atomic mass is 9.79. The maximum Gasteiger partial charge on any atom is 0.130 e. The summed E-state index contributed by atoms with van der Waals surface area (Å²) in [6, 6.07) is 3.72. The Bertz CT molecular complexity index is 442. The molecule has 1 aromatic carbocycles. The van der Waals surface area contributed by atoms with Crippen LogP contribution in [-0.4, -0.2) is 31.1 Å². The average Bonchev–Trinajstić information content (AvgIpc) is 2.44. The van der Waals surface area contributed by atoms with Gasteiger partial charge in [0.1, 0.15) is 11.6 Å². The number of likely N-dealkylation sites (N-methyl/N-ethyl adjacent to an activating group) is 1. The van der Waals surface area contributed by atoms with Crippen molar-refractivity contribution in [1.29, 1.82) is 0 Å². The van der Waals surface area contributed by atoms with Gasteiger partial charge in [-0.15, -0.1) is 0 Å². The van der Waals surface area contributed by atoms with Crippen molar-refractivity contribution < 1.29 is 8.78 Å². The Balaban J connectivity index is 3.32. The molecular weight excluding hydrogens is 270 g/mol. The molecule has 2 nitrogen and oxygen atoms in total. The fourth-order valence-corrected chi connectivity index (χ4v) is 3.16. The lowest BCUT2D eigenvalue weighted by molar-refractivity contribution is 0.0864. The standard InChI is InChI=1S/C17H28F2N2/c1-6-11-20-16(17(7-2,8-3)21(4)5)14-10-9-13(18)12-15(14)19/h9-10,12,16,20H,6-8,11H2,1-5H3. The van der Waals surface area contributed by atoms with Gasteiger partial charge in [-0.1, -0.05) is 26.8 Å². The van der Waals surface area contributed by atoms with Crippen LogP contribution in [-0.2, 0) is 0 Å². The van der Waals surface area contributed by atoms with Gasteiger partial charge < -0.3 is 10.2 Å². The monoisotopic (exact) mass is 298 g/mol. The number of rotatable bonds is 8. The Hall–Kier alpha value is -1.00. The van der Waals surface area contributed by atoms with Gasteiger partial charge in [0.15, 0.2) is 0 Å². The smallest absolute Gasteiger partial charge is 0.130 e. The molecule has 0 radical (unpaired) electrons. The van der Waals surface area contributed by atoms with Gasteiger partial charge in [0, 0.05) is 17.2 Å². The normalized spacial score (nSPS) is 13.7. The second-order valence-electron chi connectivity index (χ2n) is 5.76. The van der Waals surface area contributed by atoms with Crippen LogP contribution in [0.2, 0.25) is 0 Å². The largest absolute Gasteiger partial charge is 0.308 e. The summed E-state index contributed by atoms with van der Waals surface area (Å²) < 4.78 is 27.5. The highest BCUT2D eigenvalue weighted by atomic mass is 19.1. The molecule has 0 aliphatic heterocycles. The van der Waals surface area contributed by atoms with Gasteiger partial charge in [-0.25, -0.2) is 8.78 Å². The number of hydrogen-bond donors (Lipinski definition) is 1. The van der Waals surface area contributed by atoms with Crippen LogP contribution in [0.3, 0.4) is 0 Å². The molecule has 0 aliphatic carbocycles.